The van der Waals surface area contributed by atoms with Crippen LogP contribution in [0, 0.1) is 13.8 Å². The fraction of sp³-hybridized carbons (Fsp3) is 0.286. The SMILES string of the molecule is Cc1ccc(-c2c(C(C)(C)C)[nH]n(-c3ccccc3C)c2=O)cc1. The normalized spacial score (nSPS) is 11.7. The highest BCUT2D eigenvalue weighted by Gasteiger charge is 2.26. The van der Waals surface area contributed by atoms with Gasteiger partial charge in [-0.15, -0.1) is 0 Å². The van der Waals surface area contributed by atoms with Crippen LogP contribution in [0.1, 0.15) is 37.6 Å². The van der Waals surface area contributed by atoms with Crippen LogP contribution >= 0.6 is 0 Å². The van der Waals surface area contributed by atoms with Crippen molar-refractivity contribution in [1.82, 2.24) is 9.78 Å². The van der Waals surface area contributed by atoms with Crippen LogP contribution in [0.25, 0.3) is 16.8 Å². The molecule has 3 aromatic rings. The van der Waals surface area contributed by atoms with Gasteiger partial charge >= 0.3 is 0 Å². The molecule has 24 heavy (non-hydrogen) atoms. The number of hydrogen-bond donors (Lipinski definition) is 1. The number of rotatable bonds is 2. The summed E-state index contributed by atoms with van der Waals surface area (Å²) in [4.78, 5) is 13.2. The second-order valence-electron chi connectivity index (χ2n) is 7.40. The molecule has 0 saturated carbocycles. The quantitative estimate of drug-likeness (QED) is 0.727. The molecule has 0 spiro atoms. The Morgan fingerprint density at radius 1 is 0.917 bits per heavy atom. The van der Waals surface area contributed by atoms with E-state index >= 15 is 0 Å². The van der Waals surface area contributed by atoms with E-state index in [2.05, 4.69) is 32.8 Å². The molecule has 0 saturated heterocycles. The number of nitrogens with one attached hydrogen (secondary N) is 1. The molecule has 3 heteroatoms. The summed E-state index contributed by atoms with van der Waals surface area (Å²) in [6, 6.07) is 16.1. The second kappa shape index (κ2) is 5.82. The topological polar surface area (TPSA) is 37.8 Å². The number of para-hydroxylation sites is 1. The molecule has 1 N–H and O–H groups in total. The van der Waals surface area contributed by atoms with E-state index in [-0.39, 0.29) is 11.0 Å². The molecule has 0 unspecified atom stereocenters. The molecule has 124 valence electrons. The van der Waals surface area contributed by atoms with Crippen LogP contribution in [0.5, 0.6) is 0 Å². The Kier molecular flexibility index (Phi) is 3.96. The van der Waals surface area contributed by atoms with Crippen molar-refractivity contribution < 1.29 is 0 Å². The largest absolute Gasteiger partial charge is 0.294 e. The molecule has 0 atom stereocenters. The summed E-state index contributed by atoms with van der Waals surface area (Å²) in [6.45, 7) is 10.4. The molecule has 3 nitrogen and oxygen atoms in total. The minimum Gasteiger partial charge on any atom is -0.294 e. The second-order valence-corrected chi connectivity index (χ2v) is 7.40. The number of nitrogens with zero attached hydrogens (tertiary/aromatic N) is 1. The third-order valence-corrected chi connectivity index (χ3v) is 4.34. The lowest BCUT2D eigenvalue weighted by molar-refractivity contribution is 0.561. The lowest BCUT2D eigenvalue weighted by Crippen LogP contribution is -2.16. The van der Waals surface area contributed by atoms with E-state index in [0.29, 0.717) is 0 Å². The maximum atomic E-state index is 13.2. The number of aryl methyl sites for hydroxylation is 2. The fourth-order valence-corrected chi connectivity index (χ4v) is 2.95. The first-order valence-electron chi connectivity index (χ1n) is 8.27. The van der Waals surface area contributed by atoms with Crippen LogP contribution in [0.15, 0.2) is 53.3 Å². The zero-order chi connectivity index (χ0) is 17.5. The van der Waals surface area contributed by atoms with Gasteiger partial charge in [0.2, 0.25) is 0 Å². The first kappa shape index (κ1) is 16.3. The van der Waals surface area contributed by atoms with E-state index in [1.807, 2.05) is 55.5 Å². The van der Waals surface area contributed by atoms with Crippen molar-refractivity contribution in [1.29, 1.82) is 0 Å². The summed E-state index contributed by atoms with van der Waals surface area (Å²) in [5, 5.41) is 3.36. The Bertz CT molecular complexity index is 922. The van der Waals surface area contributed by atoms with Crippen molar-refractivity contribution in [3.05, 3.63) is 75.7 Å². The molecule has 3 rings (SSSR count). The monoisotopic (exact) mass is 320 g/mol. The van der Waals surface area contributed by atoms with Gasteiger partial charge in [-0.2, -0.15) is 0 Å². The molecule has 1 aromatic heterocycles. The molecule has 1 heterocycles. The summed E-state index contributed by atoms with van der Waals surface area (Å²) in [5.74, 6) is 0. The Morgan fingerprint density at radius 3 is 2.12 bits per heavy atom. The van der Waals surface area contributed by atoms with E-state index in [1.54, 1.807) is 4.68 Å². The summed E-state index contributed by atoms with van der Waals surface area (Å²) in [6.07, 6.45) is 0. The minimum absolute atomic E-state index is 0.00178. The zero-order valence-electron chi connectivity index (χ0n) is 15.0. The summed E-state index contributed by atoms with van der Waals surface area (Å²) >= 11 is 0. The average Bonchev–Trinajstić information content (AvgIpc) is 2.86. The van der Waals surface area contributed by atoms with Crippen LogP contribution in [0.4, 0.5) is 0 Å². The van der Waals surface area contributed by atoms with Crippen LogP contribution in [0.3, 0.4) is 0 Å². The molecule has 2 aromatic carbocycles. The predicted molar refractivity (Wildman–Crippen MR) is 100.0 cm³/mol. The predicted octanol–water partition coefficient (Wildman–Crippen LogP) is 4.75. The van der Waals surface area contributed by atoms with Gasteiger partial charge in [0.05, 0.1) is 16.9 Å². The number of H-pyrrole nitrogens is 1. The Labute approximate surface area is 143 Å². The van der Waals surface area contributed by atoms with Gasteiger partial charge in [0.15, 0.2) is 0 Å². The summed E-state index contributed by atoms with van der Waals surface area (Å²) in [7, 11) is 0. The molecular formula is C21H24N2O. The van der Waals surface area contributed by atoms with E-state index in [4.69, 9.17) is 0 Å². The number of aromatic nitrogens is 2. The molecule has 0 fully saturated rings. The van der Waals surface area contributed by atoms with Crippen molar-refractivity contribution in [2.24, 2.45) is 0 Å². The van der Waals surface area contributed by atoms with E-state index < -0.39 is 0 Å². The number of benzene rings is 2. The van der Waals surface area contributed by atoms with E-state index in [1.165, 1.54) is 5.56 Å². The Morgan fingerprint density at radius 2 is 1.54 bits per heavy atom. The van der Waals surface area contributed by atoms with Gasteiger partial charge in [-0.1, -0.05) is 68.8 Å². The zero-order valence-corrected chi connectivity index (χ0v) is 15.0. The molecule has 0 aliphatic rings. The van der Waals surface area contributed by atoms with Crippen LogP contribution in [0.2, 0.25) is 0 Å². The van der Waals surface area contributed by atoms with E-state index in [9.17, 15) is 4.79 Å². The maximum absolute atomic E-state index is 13.2. The van der Waals surface area contributed by atoms with Crippen molar-refractivity contribution in [2.45, 2.75) is 40.0 Å². The maximum Gasteiger partial charge on any atom is 0.279 e. The van der Waals surface area contributed by atoms with Crippen LogP contribution in [-0.2, 0) is 5.41 Å². The molecule has 0 amide bonds. The highest BCUT2D eigenvalue weighted by Crippen LogP contribution is 2.30. The standard InChI is InChI=1S/C21H24N2O/c1-14-10-12-16(13-11-14)18-19(21(3,4)5)22-23(20(18)24)17-9-7-6-8-15(17)2/h6-13,22H,1-5H3. The van der Waals surface area contributed by atoms with Crippen LogP contribution in [-0.4, -0.2) is 9.78 Å². The average molecular weight is 320 g/mol. The van der Waals surface area contributed by atoms with Gasteiger partial charge in [-0.05, 0) is 31.0 Å². The minimum atomic E-state index is -0.159. The van der Waals surface area contributed by atoms with Gasteiger partial charge in [-0.25, -0.2) is 4.68 Å². The highest BCUT2D eigenvalue weighted by atomic mass is 16.1. The van der Waals surface area contributed by atoms with Gasteiger partial charge < -0.3 is 0 Å². The molecular weight excluding hydrogens is 296 g/mol. The number of hydrogen-bond acceptors (Lipinski definition) is 1. The van der Waals surface area contributed by atoms with Gasteiger partial charge in [0.25, 0.3) is 5.56 Å². The number of aromatic amines is 1. The van der Waals surface area contributed by atoms with E-state index in [0.717, 1.165) is 28.1 Å². The first-order chi connectivity index (χ1) is 11.3. The van der Waals surface area contributed by atoms with Crippen molar-refractivity contribution in [3.8, 4) is 16.8 Å². The lowest BCUT2D eigenvalue weighted by atomic mass is 9.87. The van der Waals surface area contributed by atoms with Crippen molar-refractivity contribution in [3.63, 3.8) is 0 Å². The van der Waals surface area contributed by atoms with Crippen molar-refractivity contribution in [2.75, 3.05) is 0 Å². The van der Waals surface area contributed by atoms with Crippen LogP contribution < -0.4 is 5.56 Å². The molecule has 0 aliphatic carbocycles. The van der Waals surface area contributed by atoms with Gasteiger partial charge in [0, 0.05) is 5.41 Å². The summed E-state index contributed by atoms with van der Waals surface area (Å²) in [5.41, 5.74) is 5.66. The third kappa shape index (κ3) is 2.82. The van der Waals surface area contributed by atoms with Gasteiger partial charge in [0.1, 0.15) is 0 Å². The highest BCUT2D eigenvalue weighted by molar-refractivity contribution is 5.67. The lowest BCUT2D eigenvalue weighted by Gasteiger charge is -2.18. The third-order valence-electron chi connectivity index (χ3n) is 4.34. The summed E-state index contributed by atoms with van der Waals surface area (Å²) < 4.78 is 1.67. The Hall–Kier alpha value is -2.55. The molecule has 0 aliphatic heterocycles. The Balaban J connectivity index is 2.31. The van der Waals surface area contributed by atoms with Crippen molar-refractivity contribution >= 4 is 0 Å². The smallest absolute Gasteiger partial charge is 0.279 e. The van der Waals surface area contributed by atoms with Gasteiger partial charge in [-0.3, -0.25) is 9.89 Å². The molecule has 0 radical (unpaired) electrons. The first-order valence-corrected chi connectivity index (χ1v) is 8.27. The fourth-order valence-electron chi connectivity index (χ4n) is 2.95. The molecule has 0 bridgehead atoms.